The van der Waals surface area contributed by atoms with Gasteiger partial charge in [-0.15, -0.1) is 0 Å². The molecule has 0 aromatic carbocycles. The average molecular weight is 1060 g/mol. The number of hydrogen-bond donors (Lipinski definition) is 19. The Labute approximate surface area is 408 Å². The van der Waals surface area contributed by atoms with E-state index in [-0.39, 0.29) is 0 Å². The van der Waals surface area contributed by atoms with E-state index in [4.69, 9.17) is 52.1 Å². The first kappa shape index (κ1) is 59.1. The molecule has 0 aromatic rings. The van der Waals surface area contributed by atoms with Gasteiger partial charge in [-0.3, -0.25) is 9.59 Å². The standard InChI is InChI=1S/C40H68N2O30/c1-9-19(49)25(55)28(58)37(63-9)72-34-33(71-39-30(60)27(57)21(51)13(5-44)66-39)22(52)14(6-45)67-40(34)69-31-15(7-46)68-36(17(24(31)54)41-10(2)47)62-8-16-23(53)32(18(35(61)64-16)42-11(3)48)70-38-29(59)26(56)20(50)12(4-43)65-38/h9,12-40,43-46,49-61H,4-8H2,1-3H3,(H,41,47)(H,42,48)/t9-,12+,13+,14+,15+,16+,17+,18+,19+,20-,21-,22-,23-,24+,25+,26-,27-,28-,29+,30+,31+,32+,33-,34+,35?,36+,37-,38-,39+,40-/m0/s1. The first-order valence-corrected chi connectivity index (χ1v) is 23.0. The van der Waals surface area contributed by atoms with Crippen LogP contribution < -0.4 is 10.6 Å². The maximum absolute atomic E-state index is 12.6. The number of hydrogen-bond acceptors (Lipinski definition) is 30. The molecule has 1 unspecified atom stereocenters. The number of carbonyl (C=O) groups excluding carboxylic acids is 2. The second kappa shape index (κ2) is 25.3. The lowest BCUT2D eigenvalue weighted by Gasteiger charge is -2.51. The summed E-state index contributed by atoms with van der Waals surface area (Å²) < 4.78 is 63.5. The van der Waals surface area contributed by atoms with Gasteiger partial charge in [0.05, 0.1) is 39.1 Å². The van der Waals surface area contributed by atoms with Gasteiger partial charge >= 0.3 is 0 Å². The minimum atomic E-state index is -2.09. The Morgan fingerprint density at radius 3 is 1.31 bits per heavy atom. The Bertz CT molecular complexity index is 1730. The molecule has 6 aliphatic rings. The van der Waals surface area contributed by atoms with Crippen LogP contribution in [-0.2, 0) is 61.7 Å². The van der Waals surface area contributed by atoms with Crippen molar-refractivity contribution in [2.75, 3.05) is 33.0 Å². The fourth-order valence-electron chi connectivity index (χ4n) is 9.13. The summed E-state index contributed by atoms with van der Waals surface area (Å²) in [6, 6.07) is -3.31. The zero-order valence-corrected chi connectivity index (χ0v) is 38.8. The predicted molar refractivity (Wildman–Crippen MR) is 221 cm³/mol. The van der Waals surface area contributed by atoms with E-state index < -0.39 is 229 Å². The number of ether oxygens (including phenoxy) is 11. The molecule has 0 bridgehead atoms. The monoisotopic (exact) mass is 1060 g/mol. The third kappa shape index (κ3) is 12.6. The van der Waals surface area contributed by atoms with Crippen molar-refractivity contribution in [2.45, 2.75) is 205 Å². The average Bonchev–Trinajstić information content (AvgIpc) is 3.34. The van der Waals surface area contributed by atoms with E-state index in [2.05, 4.69) is 10.6 Å². The largest absolute Gasteiger partial charge is 0.394 e. The Balaban J connectivity index is 1.26. The van der Waals surface area contributed by atoms with Crippen molar-refractivity contribution in [3.63, 3.8) is 0 Å². The van der Waals surface area contributed by atoms with Crippen molar-refractivity contribution >= 4 is 11.8 Å². The lowest BCUT2D eigenvalue weighted by molar-refractivity contribution is -0.402. The maximum Gasteiger partial charge on any atom is 0.217 e. The molecule has 0 spiro atoms. The summed E-state index contributed by atoms with van der Waals surface area (Å²) in [4.78, 5) is 24.8. The Morgan fingerprint density at radius 2 is 0.792 bits per heavy atom. The van der Waals surface area contributed by atoms with E-state index in [1.54, 1.807) is 0 Å². The van der Waals surface area contributed by atoms with Crippen LogP contribution in [-0.4, -0.2) is 316 Å². The summed E-state index contributed by atoms with van der Waals surface area (Å²) in [6.07, 6.45) is -52.0. The molecule has 72 heavy (non-hydrogen) atoms. The zero-order valence-electron chi connectivity index (χ0n) is 38.8. The number of aliphatic hydroxyl groups excluding tert-OH is 17. The van der Waals surface area contributed by atoms with Gasteiger partial charge in [-0.05, 0) is 6.92 Å². The second-order valence-electron chi connectivity index (χ2n) is 18.3. The topological polar surface area (TPSA) is 504 Å². The lowest BCUT2D eigenvalue weighted by atomic mass is 9.94. The predicted octanol–water partition coefficient (Wildman–Crippen LogP) is -12.8. The van der Waals surface area contributed by atoms with Crippen molar-refractivity contribution in [3.05, 3.63) is 0 Å². The lowest BCUT2D eigenvalue weighted by Crippen LogP contribution is -2.70. The summed E-state index contributed by atoms with van der Waals surface area (Å²) in [7, 11) is 0. The van der Waals surface area contributed by atoms with Gasteiger partial charge in [-0.25, -0.2) is 0 Å². The van der Waals surface area contributed by atoms with Crippen LogP contribution in [0.25, 0.3) is 0 Å². The SMILES string of the molecule is CC(=O)N[C@H]1[C@H](OC[C@H]2OC(O)[C@H](NC(C)=O)[C@@H](O[C@@H]3O[C@H](CO)[C@H](O)[C@H](O)[C@H]3O)[C@H]2O)O[C@H](CO)[C@@H](O[C@@H]2O[C@H](CO)[C@H](O)[C@H](O[C@H]3O[C@H](CO)[C@H](O)[C@H](O)[C@H]3O)[C@H]2O[C@@H]2O[C@@H](C)[C@@H](O)[C@@H](O)[C@@H]2O)[C@@H]1O. The van der Waals surface area contributed by atoms with Crippen LogP contribution in [0.2, 0.25) is 0 Å². The summed E-state index contributed by atoms with van der Waals surface area (Å²) in [6.45, 7) is -1.28. The number of rotatable bonds is 17. The van der Waals surface area contributed by atoms with Crippen molar-refractivity contribution in [2.24, 2.45) is 0 Å². The van der Waals surface area contributed by atoms with Gasteiger partial charge in [0.1, 0.15) is 140 Å². The van der Waals surface area contributed by atoms with Crippen LogP contribution >= 0.6 is 0 Å². The van der Waals surface area contributed by atoms with Gasteiger partial charge in [0, 0.05) is 13.8 Å². The maximum atomic E-state index is 12.6. The van der Waals surface area contributed by atoms with Crippen LogP contribution in [0.3, 0.4) is 0 Å². The molecular formula is C40H68N2O30. The summed E-state index contributed by atoms with van der Waals surface area (Å²) in [5.41, 5.74) is 0. The molecule has 0 radical (unpaired) electrons. The van der Waals surface area contributed by atoms with E-state index in [9.17, 15) is 96.4 Å². The minimum absolute atomic E-state index is 0.758. The number of amides is 2. The normalized spacial score (nSPS) is 50.3. The highest BCUT2D eigenvalue weighted by atomic mass is 16.8. The molecule has 30 atom stereocenters. The van der Waals surface area contributed by atoms with Crippen LogP contribution in [0.1, 0.15) is 20.8 Å². The molecule has 0 saturated carbocycles. The van der Waals surface area contributed by atoms with E-state index in [1.807, 2.05) is 0 Å². The highest BCUT2D eigenvalue weighted by molar-refractivity contribution is 5.73. The summed E-state index contributed by atoms with van der Waals surface area (Å²) in [5.74, 6) is -1.58. The molecule has 0 aliphatic carbocycles. The molecule has 6 heterocycles. The van der Waals surface area contributed by atoms with E-state index in [0.717, 1.165) is 13.8 Å². The summed E-state index contributed by atoms with van der Waals surface area (Å²) >= 11 is 0. The minimum Gasteiger partial charge on any atom is -0.394 e. The van der Waals surface area contributed by atoms with Crippen molar-refractivity contribution in [3.8, 4) is 0 Å². The number of aliphatic hydroxyl groups is 17. The molecule has 6 aliphatic heterocycles. The first-order valence-electron chi connectivity index (χ1n) is 23.0. The van der Waals surface area contributed by atoms with Crippen LogP contribution in [0.15, 0.2) is 0 Å². The van der Waals surface area contributed by atoms with Gasteiger partial charge < -0.3 is 150 Å². The molecule has 2 amide bonds. The van der Waals surface area contributed by atoms with Crippen molar-refractivity contribution in [1.82, 2.24) is 10.6 Å². The molecule has 32 nitrogen and oxygen atoms in total. The van der Waals surface area contributed by atoms with Crippen LogP contribution in [0.5, 0.6) is 0 Å². The number of nitrogens with one attached hydrogen (secondary N) is 2. The quantitative estimate of drug-likeness (QED) is 0.0643. The van der Waals surface area contributed by atoms with E-state index >= 15 is 0 Å². The highest BCUT2D eigenvalue weighted by Crippen LogP contribution is 2.37. The fourth-order valence-corrected chi connectivity index (χ4v) is 9.13. The Hall–Kier alpha value is -2.18. The Morgan fingerprint density at radius 1 is 0.389 bits per heavy atom. The van der Waals surface area contributed by atoms with Crippen LogP contribution in [0.4, 0.5) is 0 Å². The van der Waals surface area contributed by atoms with Crippen molar-refractivity contribution < 1.29 is 149 Å². The van der Waals surface area contributed by atoms with Gasteiger partial charge in [-0.2, -0.15) is 0 Å². The van der Waals surface area contributed by atoms with E-state index in [1.165, 1.54) is 6.92 Å². The second-order valence-corrected chi connectivity index (χ2v) is 18.3. The third-order valence-electron chi connectivity index (χ3n) is 13.2. The molecule has 32 heteroatoms. The van der Waals surface area contributed by atoms with Gasteiger partial charge in [0.15, 0.2) is 37.7 Å². The highest BCUT2D eigenvalue weighted by Gasteiger charge is 2.58. The van der Waals surface area contributed by atoms with Gasteiger partial charge in [0.2, 0.25) is 11.8 Å². The zero-order chi connectivity index (χ0) is 53.2. The molecule has 19 N–H and O–H groups in total. The molecule has 6 fully saturated rings. The molecule has 6 rings (SSSR count). The summed E-state index contributed by atoms with van der Waals surface area (Å²) in [5, 5.41) is 186. The fraction of sp³-hybridized carbons (Fsp3) is 0.950. The Kier molecular flexibility index (Phi) is 20.8. The molecule has 418 valence electrons. The van der Waals surface area contributed by atoms with Gasteiger partial charge in [0.25, 0.3) is 0 Å². The van der Waals surface area contributed by atoms with Gasteiger partial charge in [-0.1, -0.05) is 0 Å². The first-order chi connectivity index (χ1) is 34.0. The molecular weight excluding hydrogens is 988 g/mol. The third-order valence-corrected chi connectivity index (χ3v) is 13.2. The molecule has 6 saturated heterocycles. The number of carbonyl (C=O) groups is 2. The van der Waals surface area contributed by atoms with E-state index in [0.29, 0.717) is 0 Å². The molecule has 0 aromatic heterocycles. The van der Waals surface area contributed by atoms with Crippen molar-refractivity contribution in [1.29, 1.82) is 0 Å². The smallest absolute Gasteiger partial charge is 0.217 e. The van der Waals surface area contributed by atoms with Crippen LogP contribution in [0, 0.1) is 0 Å².